The van der Waals surface area contributed by atoms with Crippen LogP contribution in [0.4, 0.5) is 0 Å². The number of carboxylic acid groups (broad SMARTS) is 1. The van der Waals surface area contributed by atoms with E-state index < -0.39 is 17.8 Å². The van der Waals surface area contributed by atoms with Gasteiger partial charge in [-0.1, -0.05) is 30.3 Å². The highest BCUT2D eigenvalue weighted by Gasteiger charge is 2.16. The summed E-state index contributed by atoms with van der Waals surface area (Å²) in [5.74, 6) is -2.66. The van der Waals surface area contributed by atoms with Gasteiger partial charge in [0.1, 0.15) is 11.3 Å². The summed E-state index contributed by atoms with van der Waals surface area (Å²) in [5.41, 5.74) is 3.39. The van der Waals surface area contributed by atoms with Crippen molar-refractivity contribution >= 4 is 24.0 Å². The van der Waals surface area contributed by atoms with Gasteiger partial charge in [0.25, 0.3) is 0 Å². The van der Waals surface area contributed by atoms with Crippen LogP contribution in [0.2, 0.25) is 0 Å². The fraction of sp³-hybridized carbons (Fsp3) is 0.200. The van der Waals surface area contributed by atoms with Crippen molar-refractivity contribution in [1.29, 1.82) is 0 Å². The first kappa shape index (κ1) is 20.6. The Balaban J connectivity index is 1.96. The van der Waals surface area contributed by atoms with Crippen molar-refractivity contribution in [3.8, 4) is 5.75 Å². The zero-order chi connectivity index (χ0) is 20.5. The van der Waals surface area contributed by atoms with E-state index in [1.54, 1.807) is 19.9 Å². The van der Waals surface area contributed by atoms with Crippen LogP contribution in [0.25, 0.3) is 0 Å². The molecule has 0 saturated heterocycles. The van der Waals surface area contributed by atoms with E-state index in [9.17, 15) is 19.5 Å². The molecule has 8 heteroatoms. The highest BCUT2D eigenvalue weighted by molar-refractivity contribution is 6.35. The number of nitrogens with one attached hydrogen (secondary N) is 2. The van der Waals surface area contributed by atoms with Crippen molar-refractivity contribution in [1.82, 2.24) is 10.7 Å². The molecule has 0 aromatic heterocycles. The fourth-order valence-corrected chi connectivity index (χ4v) is 2.38. The van der Waals surface area contributed by atoms with Crippen molar-refractivity contribution in [2.75, 3.05) is 6.61 Å². The average molecular weight is 383 g/mol. The van der Waals surface area contributed by atoms with Gasteiger partial charge in [-0.25, -0.2) is 10.2 Å². The van der Waals surface area contributed by atoms with Gasteiger partial charge in [-0.3, -0.25) is 9.59 Å². The van der Waals surface area contributed by atoms with Crippen LogP contribution < -0.4 is 15.5 Å². The second kappa shape index (κ2) is 9.86. The average Bonchev–Trinajstić information content (AvgIpc) is 2.69. The van der Waals surface area contributed by atoms with Crippen molar-refractivity contribution in [3.05, 3.63) is 65.2 Å². The lowest BCUT2D eigenvalue weighted by Crippen LogP contribution is -2.39. The monoisotopic (exact) mass is 383 g/mol. The Morgan fingerprint density at radius 3 is 2.50 bits per heavy atom. The van der Waals surface area contributed by atoms with E-state index in [0.29, 0.717) is 12.2 Å². The molecule has 8 nitrogen and oxygen atoms in total. The van der Waals surface area contributed by atoms with E-state index in [0.717, 1.165) is 5.56 Å². The van der Waals surface area contributed by atoms with Gasteiger partial charge in [0.15, 0.2) is 0 Å². The molecular weight excluding hydrogens is 362 g/mol. The zero-order valence-electron chi connectivity index (χ0n) is 15.5. The number of hydrogen-bond donors (Lipinski definition) is 3. The van der Waals surface area contributed by atoms with E-state index >= 15 is 0 Å². The molecule has 0 saturated carbocycles. The van der Waals surface area contributed by atoms with Crippen LogP contribution in [0.3, 0.4) is 0 Å². The number of carbonyl (C=O) groups excluding carboxylic acids is 2. The summed E-state index contributed by atoms with van der Waals surface area (Å²) in [6.07, 6.45) is 1.24. The van der Waals surface area contributed by atoms with E-state index in [-0.39, 0.29) is 17.4 Å². The Morgan fingerprint density at radius 1 is 1.14 bits per heavy atom. The third kappa shape index (κ3) is 5.66. The molecule has 0 aliphatic rings. The molecular formula is C20H21N3O5. The summed E-state index contributed by atoms with van der Waals surface area (Å²) < 4.78 is 5.25. The Morgan fingerprint density at radius 2 is 1.86 bits per heavy atom. The topological polar surface area (TPSA) is 117 Å². The van der Waals surface area contributed by atoms with Crippen LogP contribution in [0.15, 0.2) is 53.6 Å². The molecule has 0 fully saturated rings. The van der Waals surface area contributed by atoms with Crippen LogP contribution in [0.1, 0.15) is 41.4 Å². The molecule has 2 aromatic carbocycles. The minimum atomic E-state index is -1.14. The maximum absolute atomic E-state index is 11.9. The lowest BCUT2D eigenvalue weighted by molar-refractivity contribution is -0.139. The van der Waals surface area contributed by atoms with Gasteiger partial charge in [-0.05, 0) is 43.2 Å². The SMILES string of the molecule is CCOc1ccc(/C=N\NC(=O)C(=O)N[C@H](C)c2ccccc2)cc1C(=O)O. The molecule has 3 N–H and O–H groups in total. The highest BCUT2D eigenvalue weighted by atomic mass is 16.5. The number of rotatable bonds is 7. The van der Waals surface area contributed by atoms with E-state index in [4.69, 9.17) is 4.74 Å². The minimum absolute atomic E-state index is 0.0217. The number of benzene rings is 2. The first-order chi connectivity index (χ1) is 13.4. The largest absolute Gasteiger partial charge is 0.493 e. The predicted octanol–water partition coefficient (Wildman–Crippen LogP) is 2.11. The van der Waals surface area contributed by atoms with Crippen LogP contribution in [0.5, 0.6) is 5.75 Å². The van der Waals surface area contributed by atoms with E-state index in [1.165, 1.54) is 18.3 Å². The quantitative estimate of drug-likeness (QED) is 0.385. The molecule has 1 atom stereocenters. The smallest absolute Gasteiger partial charge is 0.339 e. The summed E-state index contributed by atoms with van der Waals surface area (Å²) in [7, 11) is 0. The highest BCUT2D eigenvalue weighted by Crippen LogP contribution is 2.19. The predicted molar refractivity (Wildman–Crippen MR) is 103 cm³/mol. The Bertz CT molecular complexity index is 881. The maximum atomic E-state index is 11.9. The van der Waals surface area contributed by atoms with Crippen molar-refractivity contribution in [2.45, 2.75) is 19.9 Å². The fourth-order valence-electron chi connectivity index (χ4n) is 2.38. The van der Waals surface area contributed by atoms with Gasteiger partial charge < -0.3 is 15.2 Å². The third-order valence-electron chi connectivity index (χ3n) is 3.77. The summed E-state index contributed by atoms with van der Waals surface area (Å²) >= 11 is 0. The molecule has 2 rings (SSSR count). The summed E-state index contributed by atoms with van der Waals surface area (Å²) in [6.45, 7) is 3.84. The molecule has 2 amide bonds. The van der Waals surface area contributed by atoms with Crippen LogP contribution >= 0.6 is 0 Å². The number of carboxylic acids is 1. The van der Waals surface area contributed by atoms with Gasteiger partial charge in [0, 0.05) is 0 Å². The van der Waals surface area contributed by atoms with E-state index in [1.807, 2.05) is 30.3 Å². The number of aromatic carboxylic acids is 1. The number of hydrogen-bond acceptors (Lipinski definition) is 5. The first-order valence-corrected chi connectivity index (χ1v) is 8.61. The second-order valence-electron chi connectivity index (χ2n) is 5.80. The summed E-state index contributed by atoms with van der Waals surface area (Å²) in [5, 5.41) is 15.5. The lowest BCUT2D eigenvalue weighted by Gasteiger charge is -2.13. The molecule has 0 heterocycles. The molecule has 0 bridgehead atoms. The molecule has 0 spiro atoms. The number of amides is 2. The van der Waals surface area contributed by atoms with Crippen molar-refractivity contribution in [2.24, 2.45) is 5.10 Å². The molecule has 0 aliphatic carbocycles. The Kier molecular flexibility index (Phi) is 7.27. The Labute approximate surface area is 162 Å². The molecule has 0 radical (unpaired) electrons. The summed E-state index contributed by atoms with van der Waals surface area (Å²) in [4.78, 5) is 35.1. The number of nitrogens with zero attached hydrogens (tertiary/aromatic N) is 1. The van der Waals surface area contributed by atoms with Gasteiger partial charge in [0.05, 0.1) is 18.9 Å². The van der Waals surface area contributed by atoms with Gasteiger partial charge in [0.2, 0.25) is 0 Å². The molecule has 28 heavy (non-hydrogen) atoms. The molecule has 0 unspecified atom stereocenters. The number of hydrazone groups is 1. The van der Waals surface area contributed by atoms with Gasteiger partial charge in [-0.15, -0.1) is 0 Å². The third-order valence-corrected chi connectivity index (χ3v) is 3.77. The standard InChI is InChI=1S/C20H21N3O5/c1-3-28-17-10-9-14(11-16(17)20(26)27)12-21-23-19(25)18(24)22-13(2)15-7-5-4-6-8-15/h4-13H,3H2,1-2H3,(H,22,24)(H,23,25)(H,26,27)/b21-12-/t13-/m1/s1. The Hall–Kier alpha value is -3.68. The van der Waals surface area contributed by atoms with Crippen molar-refractivity contribution in [3.63, 3.8) is 0 Å². The first-order valence-electron chi connectivity index (χ1n) is 8.61. The minimum Gasteiger partial charge on any atom is -0.493 e. The number of ether oxygens (including phenoxy) is 1. The zero-order valence-corrected chi connectivity index (χ0v) is 15.5. The maximum Gasteiger partial charge on any atom is 0.339 e. The number of carbonyl (C=O) groups is 3. The van der Waals surface area contributed by atoms with Crippen LogP contribution in [-0.4, -0.2) is 35.7 Å². The lowest BCUT2D eigenvalue weighted by atomic mass is 10.1. The van der Waals surface area contributed by atoms with E-state index in [2.05, 4.69) is 15.8 Å². The molecule has 0 aliphatic heterocycles. The second-order valence-corrected chi connectivity index (χ2v) is 5.80. The van der Waals surface area contributed by atoms with Crippen LogP contribution in [-0.2, 0) is 9.59 Å². The van der Waals surface area contributed by atoms with Gasteiger partial charge >= 0.3 is 17.8 Å². The van der Waals surface area contributed by atoms with Crippen LogP contribution in [0, 0.1) is 0 Å². The van der Waals surface area contributed by atoms with Crippen molar-refractivity contribution < 1.29 is 24.2 Å². The molecule has 146 valence electrons. The molecule has 2 aromatic rings. The summed E-state index contributed by atoms with van der Waals surface area (Å²) in [6, 6.07) is 13.3. The normalized spacial score (nSPS) is 11.6. The van der Waals surface area contributed by atoms with Gasteiger partial charge in [-0.2, -0.15) is 5.10 Å².